The second kappa shape index (κ2) is 7.88. The van der Waals surface area contributed by atoms with Crippen molar-refractivity contribution in [3.63, 3.8) is 0 Å². The summed E-state index contributed by atoms with van der Waals surface area (Å²) in [6.07, 6.45) is 1.10. The summed E-state index contributed by atoms with van der Waals surface area (Å²) in [4.78, 5) is 10.4. The third kappa shape index (κ3) is 4.52. The van der Waals surface area contributed by atoms with Gasteiger partial charge in [0.05, 0.1) is 4.92 Å². The van der Waals surface area contributed by atoms with Crippen LogP contribution in [-0.2, 0) is 0 Å². The Hall–Kier alpha value is -2.47. The minimum absolute atomic E-state index is 0.0672. The number of nitrogens with one attached hydrogen (secondary N) is 2. The number of thiocarbonyl (C=S) groups is 1. The van der Waals surface area contributed by atoms with Gasteiger partial charge >= 0.3 is 0 Å². The normalized spacial score (nSPS) is 11.6. The minimum Gasteiger partial charge on any atom is -0.332 e. The van der Waals surface area contributed by atoms with Gasteiger partial charge < -0.3 is 10.6 Å². The first-order valence-electron chi connectivity index (χ1n) is 7.83. The van der Waals surface area contributed by atoms with Gasteiger partial charge in [-0.1, -0.05) is 26.0 Å². The fourth-order valence-electron chi connectivity index (χ4n) is 2.32. The number of nitro benzene ring substituents is 1. The summed E-state index contributed by atoms with van der Waals surface area (Å²) in [7, 11) is 0. The average molecular weight is 343 g/mol. The number of hydrogen-bond donors (Lipinski definition) is 2. The maximum atomic E-state index is 10.8. The highest BCUT2D eigenvalue weighted by Crippen LogP contribution is 2.22. The summed E-state index contributed by atoms with van der Waals surface area (Å²) in [5.41, 5.74) is 3.78. The number of nitro groups is 1. The van der Waals surface area contributed by atoms with Crippen molar-refractivity contribution in [3.05, 3.63) is 63.7 Å². The predicted molar refractivity (Wildman–Crippen MR) is 103 cm³/mol. The standard InChI is InChI=1S/C18H21N3O2S/c1-4-12(2)14-5-7-15(8-6-14)19-18(24)20-17-10-9-16(21(22)23)11-13(17)3/h5-12H,4H2,1-3H3,(H2,19,20,24)/t12-/m0/s1. The summed E-state index contributed by atoms with van der Waals surface area (Å²) < 4.78 is 0. The van der Waals surface area contributed by atoms with E-state index in [4.69, 9.17) is 12.2 Å². The molecular formula is C18H21N3O2S. The molecule has 0 bridgehead atoms. The van der Waals surface area contributed by atoms with Gasteiger partial charge in [0.25, 0.3) is 5.69 Å². The quantitative estimate of drug-likeness (QED) is 0.442. The first kappa shape index (κ1) is 17.9. The molecular weight excluding hydrogens is 322 g/mol. The van der Waals surface area contributed by atoms with Crippen molar-refractivity contribution < 1.29 is 4.92 Å². The van der Waals surface area contributed by atoms with E-state index in [0.29, 0.717) is 11.0 Å². The van der Waals surface area contributed by atoms with Crippen LogP contribution in [0.15, 0.2) is 42.5 Å². The van der Waals surface area contributed by atoms with Crippen LogP contribution in [0.3, 0.4) is 0 Å². The molecule has 2 rings (SSSR count). The number of nitrogens with zero attached hydrogens (tertiary/aromatic N) is 1. The Morgan fingerprint density at radius 3 is 2.42 bits per heavy atom. The van der Waals surface area contributed by atoms with Crippen molar-refractivity contribution in [1.82, 2.24) is 0 Å². The van der Waals surface area contributed by atoms with Gasteiger partial charge in [-0.2, -0.15) is 0 Å². The largest absolute Gasteiger partial charge is 0.332 e. The van der Waals surface area contributed by atoms with E-state index in [9.17, 15) is 10.1 Å². The molecule has 0 saturated carbocycles. The molecule has 0 saturated heterocycles. The van der Waals surface area contributed by atoms with Crippen LogP contribution in [0.2, 0.25) is 0 Å². The lowest BCUT2D eigenvalue weighted by molar-refractivity contribution is -0.384. The molecule has 2 aromatic rings. The number of rotatable bonds is 5. The zero-order valence-corrected chi connectivity index (χ0v) is 14.8. The van der Waals surface area contributed by atoms with Gasteiger partial charge in [-0.3, -0.25) is 10.1 Å². The van der Waals surface area contributed by atoms with Crippen LogP contribution in [0, 0.1) is 17.0 Å². The molecule has 0 aliphatic carbocycles. The zero-order chi connectivity index (χ0) is 17.7. The van der Waals surface area contributed by atoms with Gasteiger partial charge in [0.15, 0.2) is 5.11 Å². The molecule has 126 valence electrons. The van der Waals surface area contributed by atoms with Gasteiger partial charge in [-0.05, 0) is 60.8 Å². The monoisotopic (exact) mass is 343 g/mol. The molecule has 0 aliphatic rings. The third-order valence-electron chi connectivity index (χ3n) is 4.02. The minimum atomic E-state index is -0.411. The van der Waals surface area contributed by atoms with E-state index in [-0.39, 0.29) is 5.69 Å². The Labute approximate surface area is 147 Å². The molecule has 0 radical (unpaired) electrons. The van der Waals surface area contributed by atoms with Crippen molar-refractivity contribution in [2.45, 2.75) is 33.1 Å². The highest BCUT2D eigenvalue weighted by molar-refractivity contribution is 7.80. The smallest absolute Gasteiger partial charge is 0.269 e. The Morgan fingerprint density at radius 2 is 1.88 bits per heavy atom. The predicted octanol–water partition coefficient (Wildman–Crippen LogP) is 5.23. The van der Waals surface area contributed by atoms with Crippen molar-refractivity contribution in [3.8, 4) is 0 Å². The van der Waals surface area contributed by atoms with Crippen molar-refractivity contribution in [2.75, 3.05) is 10.6 Å². The number of hydrogen-bond acceptors (Lipinski definition) is 3. The molecule has 2 N–H and O–H groups in total. The molecule has 0 unspecified atom stereocenters. The first-order valence-corrected chi connectivity index (χ1v) is 8.24. The van der Waals surface area contributed by atoms with E-state index < -0.39 is 4.92 Å². The maximum Gasteiger partial charge on any atom is 0.269 e. The van der Waals surface area contributed by atoms with E-state index >= 15 is 0 Å². The van der Waals surface area contributed by atoms with E-state index in [2.05, 4.69) is 36.6 Å². The second-order valence-corrected chi connectivity index (χ2v) is 6.18. The van der Waals surface area contributed by atoms with Crippen LogP contribution in [-0.4, -0.2) is 10.0 Å². The van der Waals surface area contributed by atoms with Crippen molar-refractivity contribution in [2.24, 2.45) is 0 Å². The summed E-state index contributed by atoms with van der Waals surface area (Å²) in [6, 6.07) is 12.8. The number of non-ortho nitro benzene ring substituents is 1. The van der Waals surface area contributed by atoms with Crippen molar-refractivity contribution in [1.29, 1.82) is 0 Å². The second-order valence-electron chi connectivity index (χ2n) is 5.77. The Bertz CT molecular complexity index is 744. The lowest BCUT2D eigenvalue weighted by atomic mass is 9.99. The van der Waals surface area contributed by atoms with E-state index in [1.165, 1.54) is 17.7 Å². The SMILES string of the molecule is CC[C@H](C)c1ccc(NC(=S)Nc2ccc([N+](=O)[O-])cc2C)cc1. The molecule has 24 heavy (non-hydrogen) atoms. The maximum absolute atomic E-state index is 10.8. The van der Waals surface area contributed by atoms with Crippen LogP contribution in [0.5, 0.6) is 0 Å². The topological polar surface area (TPSA) is 67.2 Å². The van der Waals surface area contributed by atoms with Crippen LogP contribution in [0.1, 0.15) is 37.3 Å². The van der Waals surface area contributed by atoms with Crippen LogP contribution >= 0.6 is 12.2 Å². The average Bonchev–Trinajstić information content (AvgIpc) is 2.56. The molecule has 0 amide bonds. The Morgan fingerprint density at radius 1 is 1.21 bits per heavy atom. The molecule has 0 aliphatic heterocycles. The van der Waals surface area contributed by atoms with E-state index in [1.54, 1.807) is 13.0 Å². The zero-order valence-electron chi connectivity index (χ0n) is 14.0. The van der Waals surface area contributed by atoms with E-state index in [1.807, 2.05) is 12.1 Å². The molecule has 0 spiro atoms. The van der Waals surface area contributed by atoms with Crippen LogP contribution < -0.4 is 10.6 Å². The van der Waals surface area contributed by atoms with Crippen LogP contribution in [0.25, 0.3) is 0 Å². The van der Waals surface area contributed by atoms with Gasteiger partial charge in [0.2, 0.25) is 0 Å². The summed E-state index contributed by atoms with van der Waals surface area (Å²) in [5, 5.41) is 17.4. The Kier molecular flexibility index (Phi) is 5.87. The Balaban J connectivity index is 2.02. The number of benzene rings is 2. The fraction of sp³-hybridized carbons (Fsp3) is 0.278. The van der Waals surface area contributed by atoms with Gasteiger partial charge in [-0.15, -0.1) is 0 Å². The molecule has 0 fully saturated rings. The number of aryl methyl sites for hydroxylation is 1. The molecule has 1 atom stereocenters. The molecule has 0 aromatic heterocycles. The van der Waals surface area contributed by atoms with Gasteiger partial charge in [0, 0.05) is 23.5 Å². The van der Waals surface area contributed by atoms with Crippen molar-refractivity contribution >= 4 is 34.4 Å². The summed E-state index contributed by atoms with van der Waals surface area (Å²) in [6.45, 7) is 6.17. The highest BCUT2D eigenvalue weighted by atomic mass is 32.1. The van der Waals surface area contributed by atoms with Gasteiger partial charge in [-0.25, -0.2) is 0 Å². The highest BCUT2D eigenvalue weighted by Gasteiger charge is 2.09. The van der Waals surface area contributed by atoms with Crippen LogP contribution in [0.4, 0.5) is 17.1 Å². The van der Waals surface area contributed by atoms with E-state index in [0.717, 1.165) is 23.4 Å². The molecule has 0 heterocycles. The fourth-order valence-corrected chi connectivity index (χ4v) is 2.54. The summed E-state index contributed by atoms with van der Waals surface area (Å²) >= 11 is 5.31. The molecule has 5 nitrogen and oxygen atoms in total. The van der Waals surface area contributed by atoms with Gasteiger partial charge in [0.1, 0.15) is 0 Å². The summed E-state index contributed by atoms with van der Waals surface area (Å²) in [5.74, 6) is 0.534. The third-order valence-corrected chi connectivity index (χ3v) is 4.22. The molecule has 2 aromatic carbocycles. The lowest BCUT2D eigenvalue weighted by Gasteiger charge is -2.14. The number of anilines is 2. The lowest BCUT2D eigenvalue weighted by Crippen LogP contribution is -2.19. The first-order chi connectivity index (χ1) is 11.4. The molecule has 6 heteroatoms.